The topological polar surface area (TPSA) is 71.1 Å². The number of Topliss-reactive ketones (excluding diaryl/α,β-unsaturated/α-hetero) is 1. The number of nitrogens with zero attached hydrogens (tertiary/aromatic N) is 3. The molecule has 198 valence electrons. The van der Waals surface area contributed by atoms with Crippen molar-refractivity contribution in [2.24, 2.45) is 11.8 Å². The minimum absolute atomic E-state index is 0.0299. The number of aromatic amines is 1. The van der Waals surface area contributed by atoms with E-state index < -0.39 is 0 Å². The highest BCUT2D eigenvalue weighted by Crippen LogP contribution is 2.43. The summed E-state index contributed by atoms with van der Waals surface area (Å²) >= 11 is 0. The van der Waals surface area contributed by atoms with Gasteiger partial charge in [0.05, 0.1) is 18.3 Å². The molecule has 1 aliphatic heterocycles. The number of pyridine rings is 2. The third-order valence-electron chi connectivity index (χ3n) is 8.66. The molecule has 1 aliphatic carbocycles. The maximum Gasteiger partial charge on any atom is 0.137 e. The summed E-state index contributed by atoms with van der Waals surface area (Å²) in [5.41, 5.74) is 3.08. The molecule has 1 aromatic carbocycles. The van der Waals surface area contributed by atoms with Crippen molar-refractivity contribution in [2.45, 2.75) is 57.4 Å². The van der Waals surface area contributed by atoms with Crippen LogP contribution < -0.4 is 4.74 Å². The first kappa shape index (κ1) is 25.0. The molecule has 38 heavy (non-hydrogen) atoms. The Labute approximate surface area is 222 Å². The fourth-order valence-corrected chi connectivity index (χ4v) is 6.78. The lowest BCUT2D eigenvalue weighted by atomic mass is 9.71. The first-order valence-corrected chi connectivity index (χ1v) is 14.0. The maximum absolute atomic E-state index is 13.3. The monoisotopic (exact) mass is 514 g/mol. The lowest BCUT2D eigenvalue weighted by Crippen LogP contribution is -2.51. The van der Waals surface area contributed by atoms with Crippen LogP contribution in [0.5, 0.6) is 5.75 Å². The predicted octanol–water partition coefficient (Wildman–Crippen LogP) is 6.27. The molecule has 1 saturated heterocycles. The molecule has 1 N–H and O–H groups in total. The predicted molar refractivity (Wildman–Crippen MR) is 147 cm³/mol. The van der Waals surface area contributed by atoms with Gasteiger partial charge in [0.25, 0.3) is 0 Å². The van der Waals surface area contributed by atoms with Crippen LogP contribution in [0.15, 0.2) is 55.0 Å². The number of hydrogen-bond acceptors (Lipinski definition) is 5. The summed E-state index contributed by atoms with van der Waals surface area (Å²) in [5, 5.41) is 2.27. The number of nitrogens with one attached hydrogen (secondary N) is 1. The van der Waals surface area contributed by atoms with Gasteiger partial charge in [-0.2, -0.15) is 0 Å². The summed E-state index contributed by atoms with van der Waals surface area (Å²) in [4.78, 5) is 28.3. The fourth-order valence-electron chi connectivity index (χ4n) is 6.78. The zero-order chi connectivity index (χ0) is 26.1. The number of halogens is 1. The van der Waals surface area contributed by atoms with Crippen molar-refractivity contribution in [2.75, 3.05) is 19.7 Å². The molecule has 1 saturated carbocycles. The third kappa shape index (κ3) is 4.92. The molecule has 4 unspecified atom stereocenters. The Morgan fingerprint density at radius 1 is 1.13 bits per heavy atom. The molecule has 4 heterocycles. The molecule has 2 aliphatic rings. The fraction of sp³-hybridized carbons (Fsp3) is 0.452. The number of H-pyrrole nitrogens is 1. The van der Waals surface area contributed by atoms with Crippen LogP contribution in [0.4, 0.5) is 4.39 Å². The Balaban J connectivity index is 1.20. The number of ether oxygens (including phenoxy) is 1. The zero-order valence-electron chi connectivity index (χ0n) is 21.9. The second-order valence-electron chi connectivity index (χ2n) is 10.9. The van der Waals surface area contributed by atoms with Gasteiger partial charge in [-0.3, -0.25) is 14.7 Å². The Morgan fingerprint density at radius 3 is 2.84 bits per heavy atom. The van der Waals surface area contributed by atoms with E-state index in [1.165, 1.54) is 23.1 Å². The molecule has 0 amide bonds. The van der Waals surface area contributed by atoms with Crippen molar-refractivity contribution < 1.29 is 13.9 Å². The number of ketones is 1. The number of carbonyl (C=O) groups excluding carboxylic acids is 1. The van der Waals surface area contributed by atoms with E-state index in [2.05, 4.69) is 32.0 Å². The van der Waals surface area contributed by atoms with Crippen LogP contribution in [0.1, 0.15) is 56.9 Å². The van der Waals surface area contributed by atoms with Gasteiger partial charge in [0.1, 0.15) is 23.0 Å². The number of hydrogen-bond donors (Lipinski definition) is 1. The number of rotatable bonds is 7. The lowest BCUT2D eigenvalue weighted by Gasteiger charge is -2.45. The summed E-state index contributed by atoms with van der Waals surface area (Å²) in [6.07, 6.45) is 11.4. The molecule has 7 heteroatoms. The van der Waals surface area contributed by atoms with Crippen molar-refractivity contribution >= 4 is 27.7 Å². The number of likely N-dealkylation sites (tertiary alicyclic amines) is 1. The maximum atomic E-state index is 13.3. The highest BCUT2D eigenvalue weighted by molar-refractivity contribution is 6.05. The van der Waals surface area contributed by atoms with Gasteiger partial charge >= 0.3 is 0 Å². The lowest BCUT2D eigenvalue weighted by molar-refractivity contribution is -0.126. The largest absolute Gasteiger partial charge is 0.493 e. The average molecular weight is 515 g/mol. The van der Waals surface area contributed by atoms with Gasteiger partial charge in [0.2, 0.25) is 0 Å². The first-order chi connectivity index (χ1) is 18.6. The van der Waals surface area contributed by atoms with Crippen molar-refractivity contribution in [1.82, 2.24) is 19.9 Å². The number of carbonyl (C=O) groups is 1. The highest BCUT2D eigenvalue weighted by Gasteiger charge is 2.40. The van der Waals surface area contributed by atoms with Crippen molar-refractivity contribution in [3.8, 4) is 5.75 Å². The molecule has 6 nitrogen and oxygen atoms in total. The van der Waals surface area contributed by atoms with E-state index in [4.69, 9.17) is 4.74 Å². The minimum Gasteiger partial charge on any atom is -0.493 e. The van der Waals surface area contributed by atoms with Crippen LogP contribution in [0, 0.1) is 17.7 Å². The molecular weight excluding hydrogens is 479 g/mol. The highest BCUT2D eigenvalue weighted by atomic mass is 19.1. The van der Waals surface area contributed by atoms with E-state index in [1.807, 2.05) is 25.5 Å². The minimum atomic E-state index is -0.252. The average Bonchev–Trinajstić information content (AvgIpc) is 3.45. The van der Waals surface area contributed by atoms with Gasteiger partial charge in [-0.15, -0.1) is 0 Å². The van der Waals surface area contributed by atoms with Crippen LogP contribution in [-0.2, 0) is 4.79 Å². The van der Waals surface area contributed by atoms with Gasteiger partial charge in [-0.25, -0.2) is 9.37 Å². The summed E-state index contributed by atoms with van der Waals surface area (Å²) in [6.45, 7) is 4.59. The van der Waals surface area contributed by atoms with Gasteiger partial charge in [0.15, 0.2) is 0 Å². The second kappa shape index (κ2) is 10.8. The number of benzene rings is 1. The van der Waals surface area contributed by atoms with Gasteiger partial charge in [-0.05, 0) is 86.5 Å². The molecule has 3 aromatic heterocycles. The smallest absolute Gasteiger partial charge is 0.137 e. The van der Waals surface area contributed by atoms with Gasteiger partial charge < -0.3 is 9.72 Å². The molecular formula is C31H35FN4O2. The van der Waals surface area contributed by atoms with Crippen LogP contribution >= 0.6 is 0 Å². The van der Waals surface area contributed by atoms with Crippen LogP contribution in [0.3, 0.4) is 0 Å². The van der Waals surface area contributed by atoms with Gasteiger partial charge in [0, 0.05) is 54.0 Å². The quantitative estimate of drug-likeness (QED) is 0.315. The number of aromatic nitrogens is 3. The zero-order valence-corrected chi connectivity index (χ0v) is 21.9. The summed E-state index contributed by atoms with van der Waals surface area (Å²) in [7, 11) is 0. The number of fused-ring (bicyclic) bond motifs is 3. The van der Waals surface area contributed by atoms with E-state index in [-0.39, 0.29) is 17.8 Å². The Bertz CT molecular complexity index is 1420. The summed E-state index contributed by atoms with van der Waals surface area (Å²) < 4.78 is 19.2. The Hall–Kier alpha value is -3.32. The van der Waals surface area contributed by atoms with Crippen molar-refractivity contribution in [1.29, 1.82) is 0 Å². The SMILES string of the molecule is CCC(=O)C1CC(c2ccnc3cnc4[nH]ccc4c23)CCC1N1CCCC(COc2ccc(F)cc2)C1. The van der Waals surface area contributed by atoms with E-state index in [1.54, 1.807) is 12.1 Å². The van der Waals surface area contributed by atoms with Crippen LogP contribution in [0.2, 0.25) is 0 Å². The van der Waals surface area contributed by atoms with E-state index >= 15 is 0 Å². The Kier molecular flexibility index (Phi) is 7.11. The Morgan fingerprint density at radius 2 is 2.00 bits per heavy atom. The molecule has 0 spiro atoms. The summed E-state index contributed by atoms with van der Waals surface area (Å²) in [6, 6.07) is 10.8. The summed E-state index contributed by atoms with van der Waals surface area (Å²) in [5.74, 6) is 1.58. The standard InChI is InChI=1S/C31H35FN4O2/c1-2-29(37)26-16-21(24-11-13-33-27-17-35-31-25(30(24)27)12-14-34-31)5-10-28(26)36-15-3-4-20(18-36)19-38-23-8-6-22(32)7-9-23/h6-9,11-14,17,20-21,26,28H,2-5,10,15-16,18-19H2,1H3,(H,34,35). The van der Waals surface area contributed by atoms with E-state index in [9.17, 15) is 9.18 Å². The molecule has 2 fully saturated rings. The van der Waals surface area contributed by atoms with Crippen molar-refractivity contribution in [3.63, 3.8) is 0 Å². The molecule has 0 radical (unpaired) electrons. The normalized spacial score (nSPS) is 24.6. The molecule has 4 aromatic rings. The molecule has 0 bridgehead atoms. The third-order valence-corrected chi connectivity index (χ3v) is 8.66. The molecule has 6 rings (SSSR count). The van der Waals surface area contributed by atoms with Crippen LogP contribution in [0.25, 0.3) is 21.9 Å². The van der Waals surface area contributed by atoms with Gasteiger partial charge in [-0.1, -0.05) is 6.92 Å². The first-order valence-electron chi connectivity index (χ1n) is 14.0. The second-order valence-corrected chi connectivity index (χ2v) is 10.9. The molecule has 4 atom stereocenters. The van der Waals surface area contributed by atoms with Crippen LogP contribution in [-0.4, -0.2) is 51.4 Å². The van der Waals surface area contributed by atoms with E-state index in [0.717, 1.165) is 61.7 Å². The number of piperidine rings is 1. The van der Waals surface area contributed by atoms with Crippen molar-refractivity contribution in [3.05, 3.63) is 66.4 Å². The van der Waals surface area contributed by atoms with E-state index in [0.29, 0.717) is 36.4 Å².